The summed E-state index contributed by atoms with van der Waals surface area (Å²) in [5.41, 5.74) is 7.47. The van der Waals surface area contributed by atoms with E-state index < -0.39 is 0 Å². The van der Waals surface area contributed by atoms with Crippen molar-refractivity contribution >= 4 is 11.6 Å². The molecule has 0 aliphatic rings. The summed E-state index contributed by atoms with van der Waals surface area (Å²) < 4.78 is 5.88. The van der Waals surface area contributed by atoms with Gasteiger partial charge in [-0.25, -0.2) is 0 Å². The number of ether oxygens (including phenoxy) is 1. The summed E-state index contributed by atoms with van der Waals surface area (Å²) in [6, 6.07) is 14.8. The lowest BCUT2D eigenvalue weighted by Crippen LogP contribution is -2.19. The Morgan fingerprint density at radius 1 is 1.11 bits per heavy atom. The SMILES string of the molecule is NCC(Oc1ccccc1CO)c1ccc(Cl)cc1. The molecule has 0 saturated heterocycles. The van der Waals surface area contributed by atoms with E-state index in [0.29, 0.717) is 17.3 Å². The third kappa shape index (κ3) is 3.47. The molecule has 1 atom stereocenters. The summed E-state index contributed by atoms with van der Waals surface area (Å²) in [6.07, 6.45) is -0.259. The van der Waals surface area contributed by atoms with Crippen LogP contribution in [0.25, 0.3) is 0 Å². The van der Waals surface area contributed by atoms with E-state index in [9.17, 15) is 5.11 Å². The van der Waals surface area contributed by atoms with Gasteiger partial charge in [-0.15, -0.1) is 0 Å². The van der Waals surface area contributed by atoms with Crippen LogP contribution in [0.5, 0.6) is 5.75 Å². The Balaban J connectivity index is 2.21. The van der Waals surface area contributed by atoms with Crippen LogP contribution in [0.2, 0.25) is 5.02 Å². The first kappa shape index (κ1) is 13.9. The fourth-order valence-corrected chi connectivity index (χ4v) is 1.96. The predicted molar refractivity (Wildman–Crippen MR) is 76.2 cm³/mol. The zero-order chi connectivity index (χ0) is 13.7. The second kappa shape index (κ2) is 6.57. The first-order valence-electron chi connectivity index (χ1n) is 6.05. The van der Waals surface area contributed by atoms with Crippen LogP contribution in [0, 0.1) is 0 Å². The quantitative estimate of drug-likeness (QED) is 0.883. The van der Waals surface area contributed by atoms with Gasteiger partial charge in [0, 0.05) is 17.1 Å². The molecule has 0 saturated carbocycles. The van der Waals surface area contributed by atoms with Gasteiger partial charge < -0.3 is 15.6 Å². The molecule has 4 heteroatoms. The Bertz CT molecular complexity index is 528. The number of benzene rings is 2. The van der Waals surface area contributed by atoms with Crippen LogP contribution in [-0.2, 0) is 6.61 Å². The number of halogens is 1. The lowest BCUT2D eigenvalue weighted by molar-refractivity contribution is 0.203. The summed E-state index contributed by atoms with van der Waals surface area (Å²) in [6.45, 7) is 0.287. The zero-order valence-electron chi connectivity index (χ0n) is 10.4. The number of hydrogen-bond acceptors (Lipinski definition) is 3. The maximum atomic E-state index is 9.28. The minimum Gasteiger partial charge on any atom is -0.484 e. The molecular weight excluding hydrogens is 262 g/mol. The minimum absolute atomic E-state index is 0.0614. The lowest BCUT2D eigenvalue weighted by Gasteiger charge is -2.19. The number of nitrogens with two attached hydrogens (primary N) is 1. The summed E-state index contributed by atoms with van der Waals surface area (Å²) >= 11 is 5.86. The lowest BCUT2D eigenvalue weighted by atomic mass is 10.1. The van der Waals surface area contributed by atoms with Gasteiger partial charge in [-0.3, -0.25) is 0 Å². The van der Waals surface area contributed by atoms with Crippen molar-refractivity contribution in [2.45, 2.75) is 12.7 Å². The molecule has 0 bridgehead atoms. The molecule has 0 aromatic heterocycles. The minimum atomic E-state index is -0.259. The highest BCUT2D eigenvalue weighted by Gasteiger charge is 2.13. The van der Waals surface area contributed by atoms with E-state index in [2.05, 4.69) is 0 Å². The summed E-state index contributed by atoms with van der Waals surface area (Å²) in [5, 5.41) is 9.96. The standard InChI is InChI=1S/C15H16ClNO2/c16-13-7-5-11(6-8-13)15(9-17)19-14-4-2-1-3-12(14)10-18/h1-8,15,18H,9-10,17H2. The highest BCUT2D eigenvalue weighted by atomic mass is 35.5. The predicted octanol–water partition coefficient (Wildman–Crippen LogP) is 2.91. The van der Waals surface area contributed by atoms with E-state index in [1.54, 1.807) is 12.1 Å². The summed E-state index contributed by atoms with van der Waals surface area (Å²) in [7, 11) is 0. The number of aliphatic hydroxyl groups excluding tert-OH is 1. The first-order chi connectivity index (χ1) is 9.24. The molecule has 0 heterocycles. The average molecular weight is 278 g/mol. The molecule has 3 N–H and O–H groups in total. The molecule has 0 amide bonds. The van der Waals surface area contributed by atoms with E-state index >= 15 is 0 Å². The number of para-hydroxylation sites is 1. The molecule has 100 valence electrons. The van der Waals surface area contributed by atoms with Gasteiger partial charge in [0.25, 0.3) is 0 Å². The van der Waals surface area contributed by atoms with Crippen LogP contribution in [0.1, 0.15) is 17.2 Å². The molecule has 0 fully saturated rings. The highest BCUT2D eigenvalue weighted by molar-refractivity contribution is 6.30. The van der Waals surface area contributed by atoms with Gasteiger partial charge in [-0.05, 0) is 23.8 Å². The van der Waals surface area contributed by atoms with Crippen molar-refractivity contribution in [3.8, 4) is 5.75 Å². The van der Waals surface area contributed by atoms with Gasteiger partial charge in [-0.1, -0.05) is 41.9 Å². The number of aliphatic hydroxyl groups is 1. The maximum absolute atomic E-state index is 9.28. The van der Waals surface area contributed by atoms with Crippen molar-refractivity contribution < 1.29 is 9.84 Å². The maximum Gasteiger partial charge on any atom is 0.136 e. The Kier molecular flexibility index (Phi) is 4.80. The van der Waals surface area contributed by atoms with Gasteiger partial charge in [0.1, 0.15) is 11.9 Å². The molecule has 2 aromatic rings. The zero-order valence-corrected chi connectivity index (χ0v) is 11.2. The van der Waals surface area contributed by atoms with Gasteiger partial charge in [0.2, 0.25) is 0 Å². The normalized spacial score (nSPS) is 12.2. The third-order valence-electron chi connectivity index (χ3n) is 2.87. The van der Waals surface area contributed by atoms with Crippen LogP contribution in [0.15, 0.2) is 48.5 Å². The third-order valence-corrected chi connectivity index (χ3v) is 3.12. The van der Waals surface area contributed by atoms with Crippen molar-refractivity contribution in [2.75, 3.05) is 6.54 Å². The van der Waals surface area contributed by atoms with Crippen LogP contribution in [0.4, 0.5) is 0 Å². The number of rotatable bonds is 5. The largest absolute Gasteiger partial charge is 0.484 e. The highest BCUT2D eigenvalue weighted by Crippen LogP contribution is 2.25. The smallest absolute Gasteiger partial charge is 0.136 e. The molecule has 2 aromatic carbocycles. The van der Waals surface area contributed by atoms with Crippen molar-refractivity contribution in [1.82, 2.24) is 0 Å². The molecule has 2 rings (SSSR count). The van der Waals surface area contributed by atoms with E-state index in [1.807, 2.05) is 36.4 Å². The van der Waals surface area contributed by atoms with Crippen molar-refractivity contribution in [1.29, 1.82) is 0 Å². The van der Waals surface area contributed by atoms with E-state index in [-0.39, 0.29) is 12.7 Å². The van der Waals surface area contributed by atoms with Gasteiger partial charge in [-0.2, -0.15) is 0 Å². The molecule has 19 heavy (non-hydrogen) atoms. The molecule has 1 unspecified atom stereocenters. The Morgan fingerprint density at radius 2 is 1.79 bits per heavy atom. The molecule has 3 nitrogen and oxygen atoms in total. The van der Waals surface area contributed by atoms with Crippen molar-refractivity contribution in [3.63, 3.8) is 0 Å². The number of hydrogen-bond donors (Lipinski definition) is 2. The Morgan fingerprint density at radius 3 is 2.42 bits per heavy atom. The Labute approximate surface area is 117 Å². The van der Waals surface area contributed by atoms with E-state index in [0.717, 1.165) is 11.1 Å². The Hall–Kier alpha value is -1.55. The van der Waals surface area contributed by atoms with Gasteiger partial charge >= 0.3 is 0 Å². The van der Waals surface area contributed by atoms with Gasteiger partial charge in [0.15, 0.2) is 0 Å². The van der Waals surface area contributed by atoms with Crippen LogP contribution in [0.3, 0.4) is 0 Å². The van der Waals surface area contributed by atoms with E-state index in [1.165, 1.54) is 0 Å². The van der Waals surface area contributed by atoms with Crippen molar-refractivity contribution in [2.24, 2.45) is 5.73 Å². The molecule has 0 radical (unpaired) electrons. The average Bonchev–Trinajstić information content (AvgIpc) is 2.46. The first-order valence-corrected chi connectivity index (χ1v) is 6.43. The monoisotopic (exact) mass is 277 g/mol. The second-order valence-electron chi connectivity index (χ2n) is 4.16. The fourth-order valence-electron chi connectivity index (χ4n) is 1.83. The molecule has 0 spiro atoms. The topological polar surface area (TPSA) is 55.5 Å². The van der Waals surface area contributed by atoms with E-state index in [4.69, 9.17) is 22.1 Å². The molecular formula is C15H16ClNO2. The van der Waals surface area contributed by atoms with Gasteiger partial charge in [0.05, 0.1) is 6.61 Å². The van der Waals surface area contributed by atoms with Crippen molar-refractivity contribution in [3.05, 3.63) is 64.7 Å². The van der Waals surface area contributed by atoms with Crippen LogP contribution < -0.4 is 10.5 Å². The van der Waals surface area contributed by atoms with Crippen LogP contribution >= 0.6 is 11.6 Å². The molecule has 0 aliphatic carbocycles. The van der Waals surface area contributed by atoms with Crippen LogP contribution in [-0.4, -0.2) is 11.7 Å². The second-order valence-corrected chi connectivity index (χ2v) is 4.60. The summed E-state index contributed by atoms with van der Waals surface area (Å²) in [4.78, 5) is 0. The molecule has 0 aliphatic heterocycles. The fraction of sp³-hybridized carbons (Fsp3) is 0.200. The summed E-state index contributed by atoms with van der Waals surface area (Å²) in [5.74, 6) is 0.649.